The van der Waals surface area contributed by atoms with Crippen LogP contribution in [-0.4, -0.2) is 82.3 Å². The fraction of sp³-hybridized carbons (Fsp3) is 0.667. The fourth-order valence-corrected chi connectivity index (χ4v) is 3.56. The maximum Gasteiger partial charge on any atom is 0.191 e. The highest BCUT2D eigenvalue weighted by Gasteiger charge is 2.16. The molecule has 0 spiro atoms. The zero-order valence-corrected chi connectivity index (χ0v) is 18.6. The summed E-state index contributed by atoms with van der Waals surface area (Å²) in [4.78, 5) is 9.72. The molecule has 6 nitrogen and oxygen atoms in total. The van der Waals surface area contributed by atoms with Crippen molar-refractivity contribution in [2.24, 2.45) is 10.9 Å². The molecule has 1 saturated heterocycles. The van der Waals surface area contributed by atoms with Gasteiger partial charge in [-0.3, -0.25) is 4.99 Å². The molecule has 0 aliphatic carbocycles. The number of likely N-dealkylation sites (N-methyl/N-ethyl adjacent to an activating group) is 1. The smallest absolute Gasteiger partial charge is 0.191 e. The van der Waals surface area contributed by atoms with E-state index in [0.29, 0.717) is 5.92 Å². The van der Waals surface area contributed by atoms with Crippen molar-refractivity contribution in [3.63, 3.8) is 0 Å². The van der Waals surface area contributed by atoms with Crippen LogP contribution in [0.4, 0.5) is 0 Å². The topological polar surface area (TPSA) is 52.1 Å². The van der Waals surface area contributed by atoms with Crippen molar-refractivity contribution < 1.29 is 4.74 Å². The summed E-state index contributed by atoms with van der Waals surface area (Å²) in [6.45, 7) is 12.6. The molecule has 0 aromatic heterocycles. The van der Waals surface area contributed by atoms with Crippen molar-refractivity contribution >= 4 is 17.6 Å². The Morgan fingerprint density at radius 2 is 2.00 bits per heavy atom. The van der Waals surface area contributed by atoms with Gasteiger partial charge in [0.2, 0.25) is 0 Å². The minimum Gasteiger partial charge on any atom is -0.497 e. The number of guanidine groups is 1. The van der Waals surface area contributed by atoms with Gasteiger partial charge in [0.15, 0.2) is 5.96 Å². The molecule has 2 rings (SSSR count). The molecule has 1 aromatic carbocycles. The van der Waals surface area contributed by atoms with Crippen LogP contribution >= 0.6 is 11.6 Å². The number of halogens is 1. The first-order valence-electron chi connectivity index (χ1n) is 10.3. The number of benzene rings is 1. The zero-order chi connectivity index (χ0) is 20.4. The molecular weight excluding hydrogens is 374 g/mol. The first kappa shape index (κ1) is 22.8. The number of nitrogens with zero attached hydrogens (tertiary/aromatic N) is 3. The Hall–Kier alpha value is -1.50. The van der Waals surface area contributed by atoms with Crippen LogP contribution < -0.4 is 15.4 Å². The summed E-state index contributed by atoms with van der Waals surface area (Å²) < 4.78 is 5.20. The van der Waals surface area contributed by atoms with Gasteiger partial charge in [0.25, 0.3) is 0 Å². The van der Waals surface area contributed by atoms with E-state index >= 15 is 0 Å². The van der Waals surface area contributed by atoms with Crippen molar-refractivity contribution in [2.75, 3.05) is 66.5 Å². The van der Waals surface area contributed by atoms with E-state index in [1.54, 1.807) is 7.11 Å². The van der Waals surface area contributed by atoms with Gasteiger partial charge in [-0.05, 0) is 44.0 Å². The van der Waals surface area contributed by atoms with E-state index in [4.69, 9.17) is 21.3 Å². The molecule has 1 unspecified atom stereocenters. The number of hydrogen-bond donors (Lipinski definition) is 2. The summed E-state index contributed by atoms with van der Waals surface area (Å²) in [5.74, 6) is 2.19. The summed E-state index contributed by atoms with van der Waals surface area (Å²) in [6, 6.07) is 5.82. The molecule has 0 amide bonds. The molecular formula is C21H36ClN5O. The third kappa shape index (κ3) is 7.86. The van der Waals surface area contributed by atoms with Gasteiger partial charge in [-0.2, -0.15) is 0 Å². The molecule has 0 bridgehead atoms. The van der Waals surface area contributed by atoms with E-state index in [-0.39, 0.29) is 0 Å². The number of hydrogen-bond acceptors (Lipinski definition) is 4. The lowest BCUT2D eigenvalue weighted by Gasteiger charge is -2.33. The van der Waals surface area contributed by atoms with Crippen LogP contribution in [0.1, 0.15) is 19.4 Å². The first-order valence-corrected chi connectivity index (χ1v) is 10.6. The van der Waals surface area contributed by atoms with Crippen LogP contribution in [0, 0.1) is 5.92 Å². The van der Waals surface area contributed by atoms with Crippen molar-refractivity contribution in [3.8, 4) is 5.75 Å². The molecule has 1 atom stereocenters. The van der Waals surface area contributed by atoms with Crippen LogP contribution in [0.15, 0.2) is 23.2 Å². The van der Waals surface area contributed by atoms with Gasteiger partial charge in [-0.1, -0.05) is 24.6 Å². The van der Waals surface area contributed by atoms with Crippen LogP contribution in [0.25, 0.3) is 0 Å². The Kier molecular flexibility index (Phi) is 9.88. The van der Waals surface area contributed by atoms with E-state index < -0.39 is 0 Å². The van der Waals surface area contributed by atoms with E-state index in [1.165, 1.54) is 0 Å². The van der Waals surface area contributed by atoms with Crippen molar-refractivity contribution in [1.82, 2.24) is 20.4 Å². The Morgan fingerprint density at radius 1 is 1.25 bits per heavy atom. The van der Waals surface area contributed by atoms with E-state index in [1.807, 2.05) is 18.2 Å². The second-order valence-corrected chi connectivity index (χ2v) is 7.97. The molecule has 1 fully saturated rings. The van der Waals surface area contributed by atoms with Crippen LogP contribution in [0.5, 0.6) is 5.75 Å². The molecule has 28 heavy (non-hydrogen) atoms. The minimum absolute atomic E-state index is 0.537. The maximum atomic E-state index is 6.33. The Labute approximate surface area is 175 Å². The first-order chi connectivity index (χ1) is 13.5. The molecule has 2 N–H and O–H groups in total. The number of aliphatic imine (C=N–C) groups is 1. The Bertz CT molecular complexity index is 617. The predicted molar refractivity (Wildman–Crippen MR) is 119 cm³/mol. The average molecular weight is 410 g/mol. The number of nitrogens with one attached hydrogen (secondary N) is 2. The monoisotopic (exact) mass is 409 g/mol. The summed E-state index contributed by atoms with van der Waals surface area (Å²) >= 11 is 6.33. The molecule has 1 aliphatic heterocycles. The zero-order valence-electron chi connectivity index (χ0n) is 17.8. The molecule has 7 heteroatoms. The minimum atomic E-state index is 0.537. The van der Waals surface area contributed by atoms with Crippen LogP contribution in [-0.2, 0) is 6.42 Å². The van der Waals surface area contributed by atoms with Crippen molar-refractivity contribution in [2.45, 2.75) is 20.3 Å². The summed E-state index contributed by atoms with van der Waals surface area (Å²) in [6.07, 6.45) is 0.837. The van der Waals surface area contributed by atoms with E-state index in [9.17, 15) is 0 Å². The highest BCUT2D eigenvalue weighted by molar-refractivity contribution is 6.31. The Balaban J connectivity index is 1.78. The standard InChI is InChI=1S/C21H36ClN5O/c1-5-23-21(24-9-8-18-6-7-19(28-4)14-20(18)22)25-15-17(2)16-27-12-10-26(3)11-13-27/h6-7,14,17H,5,8-13,15-16H2,1-4H3,(H2,23,24,25). The highest BCUT2D eigenvalue weighted by Crippen LogP contribution is 2.22. The van der Waals surface area contributed by atoms with Gasteiger partial charge in [0.1, 0.15) is 5.75 Å². The second kappa shape index (κ2) is 12.1. The molecule has 158 valence electrons. The summed E-state index contributed by atoms with van der Waals surface area (Å²) in [7, 11) is 3.84. The quantitative estimate of drug-likeness (QED) is 0.484. The largest absolute Gasteiger partial charge is 0.497 e. The SMILES string of the molecule is CCNC(=NCC(C)CN1CCN(C)CC1)NCCc1ccc(OC)cc1Cl. The third-order valence-corrected chi connectivity index (χ3v) is 5.37. The number of methoxy groups -OCH3 is 1. The third-order valence-electron chi connectivity index (χ3n) is 5.02. The predicted octanol–water partition coefficient (Wildman–Crippen LogP) is 2.33. The average Bonchev–Trinajstić information content (AvgIpc) is 2.69. The molecule has 1 heterocycles. The number of piperazine rings is 1. The molecule has 1 aromatic rings. The number of rotatable bonds is 9. The maximum absolute atomic E-state index is 6.33. The van der Waals surface area contributed by atoms with Crippen LogP contribution in [0.2, 0.25) is 5.02 Å². The van der Waals surface area contributed by atoms with E-state index in [0.717, 1.165) is 81.1 Å². The lowest BCUT2D eigenvalue weighted by Crippen LogP contribution is -2.46. The summed E-state index contributed by atoms with van der Waals surface area (Å²) in [5, 5.41) is 7.49. The lowest BCUT2D eigenvalue weighted by atomic mass is 10.1. The molecule has 0 radical (unpaired) electrons. The molecule has 1 aliphatic rings. The van der Waals surface area contributed by atoms with Gasteiger partial charge < -0.3 is 25.2 Å². The van der Waals surface area contributed by atoms with Gasteiger partial charge in [-0.15, -0.1) is 0 Å². The fourth-order valence-electron chi connectivity index (χ4n) is 3.29. The van der Waals surface area contributed by atoms with Gasteiger partial charge in [0, 0.05) is 57.4 Å². The van der Waals surface area contributed by atoms with Crippen LogP contribution in [0.3, 0.4) is 0 Å². The van der Waals surface area contributed by atoms with Gasteiger partial charge >= 0.3 is 0 Å². The van der Waals surface area contributed by atoms with Crippen molar-refractivity contribution in [3.05, 3.63) is 28.8 Å². The lowest BCUT2D eigenvalue weighted by molar-refractivity contribution is 0.140. The molecule has 0 saturated carbocycles. The summed E-state index contributed by atoms with van der Waals surface area (Å²) in [5.41, 5.74) is 1.11. The second-order valence-electron chi connectivity index (χ2n) is 7.56. The van der Waals surface area contributed by atoms with Gasteiger partial charge in [0.05, 0.1) is 7.11 Å². The highest BCUT2D eigenvalue weighted by atomic mass is 35.5. The van der Waals surface area contributed by atoms with E-state index in [2.05, 4.69) is 41.3 Å². The van der Waals surface area contributed by atoms with Gasteiger partial charge in [-0.25, -0.2) is 0 Å². The Morgan fingerprint density at radius 3 is 2.64 bits per heavy atom. The number of ether oxygens (including phenoxy) is 1. The normalized spacial score (nSPS) is 17.4. The van der Waals surface area contributed by atoms with Crippen molar-refractivity contribution in [1.29, 1.82) is 0 Å².